The van der Waals surface area contributed by atoms with Crippen LogP contribution in [0.2, 0.25) is 0 Å². The van der Waals surface area contributed by atoms with E-state index in [9.17, 15) is 4.79 Å². The van der Waals surface area contributed by atoms with Gasteiger partial charge < -0.3 is 5.32 Å². The number of hydrazone groups is 1. The molecular weight excluding hydrogens is 302 g/mol. The Morgan fingerprint density at radius 3 is 2.79 bits per heavy atom. The van der Waals surface area contributed by atoms with Gasteiger partial charge in [0.15, 0.2) is 0 Å². The lowest BCUT2D eigenvalue weighted by Crippen LogP contribution is -2.25. The molecule has 122 valence electrons. The van der Waals surface area contributed by atoms with E-state index in [1.807, 2.05) is 56.6 Å². The molecule has 0 bridgehead atoms. The van der Waals surface area contributed by atoms with E-state index in [2.05, 4.69) is 27.0 Å². The van der Waals surface area contributed by atoms with Crippen molar-refractivity contribution in [2.24, 2.45) is 12.1 Å². The predicted octanol–water partition coefficient (Wildman–Crippen LogP) is 2.44. The molecule has 0 fully saturated rings. The van der Waals surface area contributed by atoms with E-state index in [-0.39, 0.29) is 12.5 Å². The van der Waals surface area contributed by atoms with Crippen LogP contribution in [0.5, 0.6) is 0 Å². The molecule has 0 aliphatic heterocycles. The van der Waals surface area contributed by atoms with Gasteiger partial charge in [0.25, 0.3) is 5.91 Å². The maximum absolute atomic E-state index is 11.9. The number of fused-ring (bicyclic) bond motifs is 1. The van der Waals surface area contributed by atoms with Gasteiger partial charge in [0.2, 0.25) is 0 Å². The number of carbonyl (C=O) groups is 1. The average molecular weight is 321 g/mol. The maximum Gasteiger partial charge on any atom is 0.259 e. The molecule has 2 N–H and O–H groups in total. The smallest absolute Gasteiger partial charge is 0.259 e. The minimum absolute atomic E-state index is 0.154. The molecule has 6 nitrogen and oxygen atoms in total. The van der Waals surface area contributed by atoms with Gasteiger partial charge in [-0.15, -0.1) is 0 Å². The Morgan fingerprint density at radius 2 is 2.04 bits per heavy atom. The molecule has 0 unspecified atom stereocenters. The number of hydrogen-bond donors (Lipinski definition) is 2. The van der Waals surface area contributed by atoms with Crippen molar-refractivity contribution in [1.82, 2.24) is 15.2 Å². The van der Waals surface area contributed by atoms with Crippen LogP contribution in [0.25, 0.3) is 10.8 Å². The Bertz CT molecular complexity index is 897. The lowest BCUT2D eigenvalue weighted by molar-refractivity contribution is -0.119. The number of rotatable bonds is 5. The van der Waals surface area contributed by atoms with Gasteiger partial charge in [-0.2, -0.15) is 10.2 Å². The van der Waals surface area contributed by atoms with Crippen LogP contribution in [0, 0.1) is 6.92 Å². The molecule has 0 atom stereocenters. The second kappa shape index (κ2) is 6.95. The minimum atomic E-state index is -0.207. The van der Waals surface area contributed by atoms with Gasteiger partial charge in [0, 0.05) is 24.5 Å². The number of benzene rings is 2. The van der Waals surface area contributed by atoms with Crippen LogP contribution in [0.1, 0.15) is 11.3 Å². The molecule has 24 heavy (non-hydrogen) atoms. The molecule has 2 aromatic carbocycles. The molecule has 0 radical (unpaired) electrons. The van der Waals surface area contributed by atoms with Crippen LogP contribution in [0.4, 0.5) is 5.69 Å². The molecule has 6 heteroatoms. The number of nitrogens with zero attached hydrogens (tertiary/aromatic N) is 3. The number of anilines is 1. The third-order valence-corrected chi connectivity index (χ3v) is 3.65. The average Bonchev–Trinajstić information content (AvgIpc) is 2.90. The Kier molecular flexibility index (Phi) is 4.56. The standard InChI is InChI=1S/C18H19N5O/c1-13-16(12-23(2)22-13)10-20-21-18(24)11-19-17-8-7-14-5-3-4-6-15(14)9-17/h3-10,12,19H,11H2,1-2H3,(H,21,24)/b20-10-. The topological polar surface area (TPSA) is 71.3 Å². The van der Waals surface area contributed by atoms with Crippen LogP contribution in [-0.2, 0) is 11.8 Å². The summed E-state index contributed by atoms with van der Waals surface area (Å²) in [5.41, 5.74) is 5.15. The summed E-state index contributed by atoms with van der Waals surface area (Å²) >= 11 is 0. The SMILES string of the molecule is Cc1nn(C)cc1/C=N\NC(=O)CNc1ccc2ccccc2c1. The molecule has 0 saturated carbocycles. The Labute approximate surface area is 140 Å². The number of aromatic nitrogens is 2. The second-order valence-corrected chi connectivity index (χ2v) is 5.55. The molecular formula is C18H19N5O. The fourth-order valence-electron chi connectivity index (χ4n) is 2.44. The fourth-order valence-corrected chi connectivity index (χ4v) is 2.44. The third kappa shape index (κ3) is 3.78. The second-order valence-electron chi connectivity index (χ2n) is 5.55. The highest BCUT2D eigenvalue weighted by molar-refractivity contribution is 5.87. The third-order valence-electron chi connectivity index (χ3n) is 3.65. The van der Waals surface area contributed by atoms with E-state index in [1.54, 1.807) is 10.9 Å². The van der Waals surface area contributed by atoms with Crippen LogP contribution in [0.15, 0.2) is 53.8 Å². The van der Waals surface area contributed by atoms with Crippen molar-refractivity contribution in [1.29, 1.82) is 0 Å². The first kappa shape index (κ1) is 15.7. The Hall–Kier alpha value is -3.15. The zero-order valence-corrected chi connectivity index (χ0v) is 13.7. The molecule has 0 aliphatic carbocycles. The first-order chi connectivity index (χ1) is 11.6. The van der Waals surface area contributed by atoms with Gasteiger partial charge in [-0.05, 0) is 29.8 Å². The Balaban J connectivity index is 1.54. The number of nitrogens with one attached hydrogen (secondary N) is 2. The van der Waals surface area contributed by atoms with Crippen LogP contribution >= 0.6 is 0 Å². The zero-order chi connectivity index (χ0) is 16.9. The highest BCUT2D eigenvalue weighted by atomic mass is 16.2. The summed E-state index contributed by atoms with van der Waals surface area (Å²) in [6.07, 6.45) is 3.44. The molecule has 1 aromatic heterocycles. The number of hydrogen-bond acceptors (Lipinski definition) is 4. The summed E-state index contributed by atoms with van der Waals surface area (Å²) in [4.78, 5) is 11.9. The van der Waals surface area contributed by atoms with Crippen molar-refractivity contribution >= 4 is 28.6 Å². The summed E-state index contributed by atoms with van der Waals surface area (Å²) in [6.45, 7) is 2.05. The van der Waals surface area contributed by atoms with Crippen LogP contribution in [0.3, 0.4) is 0 Å². The molecule has 1 heterocycles. The lowest BCUT2D eigenvalue weighted by Gasteiger charge is -2.06. The van der Waals surface area contributed by atoms with Crippen molar-refractivity contribution in [2.45, 2.75) is 6.92 Å². The van der Waals surface area contributed by atoms with Crippen molar-refractivity contribution in [3.63, 3.8) is 0 Å². The number of aryl methyl sites for hydroxylation is 2. The van der Waals surface area contributed by atoms with Crippen LogP contribution < -0.4 is 10.7 Å². The van der Waals surface area contributed by atoms with Gasteiger partial charge in [-0.25, -0.2) is 5.43 Å². The number of carbonyl (C=O) groups excluding carboxylic acids is 1. The van der Waals surface area contributed by atoms with Gasteiger partial charge in [-0.3, -0.25) is 9.48 Å². The minimum Gasteiger partial charge on any atom is -0.376 e. The monoisotopic (exact) mass is 321 g/mol. The van der Waals surface area contributed by atoms with Crippen LogP contribution in [-0.4, -0.2) is 28.4 Å². The molecule has 1 amide bonds. The van der Waals surface area contributed by atoms with E-state index >= 15 is 0 Å². The first-order valence-electron chi connectivity index (χ1n) is 7.66. The summed E-state index contributed by atoms with van der Waals surface area (Å²) in [5.74, 6) is -0.207. The highest BCUT2D eigenvalue weighted by Crippen LogP contribution is 2.18. The van der Waals surface area contributed by atoms with Gasteiger partial charge in [0.05, 0.1) is 18.5 Å². The van der Waals surface area contributed by atoms with E-state index < -0.39 is 0 Å². The van der Waals surface area contributed by atoms with Crippen molar-refractivity contribution in [3.05, 3.63) is 59.9 Å². The molecule has 0 aliphatic rings. The van der Waals surface area contributed by atoms with Crippen molar-refractivity contribution < 1.29 is 4.79 Å². The molecule has 3 rings (SSSR count). The van der Waals surface area contributed by atoms with Gasteiger partial charge in [0.1, 0.15) is 0 Å². The summed E-state index contributed by atoms with van der Waals surface area (Å²) in [6, 6.07) is 14.1. The predicted molar refractivity (Wildman–Crippen MR) is 96.1 cm³/mol. The molecule has 0 spiro atoms. The summed E-state index contributed by atoms with van der Waals surface area (Å²) < 4.78 is 1.71. The summed E-state index contributed by atoms with van der Waals surface area (Å²) in [7, 11) is 1.84. The molecule has 3 aromatic rings. The molecule has 0 saturated heterocycles. The van der Waals surface area contributed by atoms with E-state index in [4.69, 9.17) is 0 Å². The Morgan fingerprint density at radius 1 is 1.25 bits per heavy atom. The maximum atomic E-state index is 11.9. The van der Waals surface area contributed by atoms with Crippen molar-refractivity contribution in [3.8, 4) is 0 Å². The van der Waals surface area contributed by atoms with E-state index in [0.29, 0.717) is 0 Å². The fraction of sp³-hybridized carbons (Fsp3) is 0.167. The van der Waals surface area contributed by atoms with Crippen molar-refractivity contribution in [2.75, 3.05) is 11.9 Å². The van der Waals surface area contributed by atoms with Gasteiger partial charge in [-0.1, -0.05) is 30.3 Å². The van der Waals surface area contributed by atoms with E-state index in [0.717, 1.165) is 22.3 Å². The normalized spacial score (nSPS) is 11.1. The largest absolute Gasteiger partial charge is 0.376 e. The first-order valence-corrected chi connectivity index (χ1v) is 7.66. The summed E-state index contributed by atoms with van der Waals surface area (Å²) in [5, 5.41) is 13.6. The van der Waals surface area contributed by atoms with Gasteiger partial charge >= 0.3 is 0 Å². The lowest BCUT2D eigenvalue weighted by atomic mass is 10.1. The quantitative estimate of drug-likeness (QED) is 0.560. The highest BCUT2D eigenvalue weighted by Gasteiger charge is 2.02. The number of amides is 1. The zero-order valence-electron chi connectivity index (χ0n) is 13.7. The van der Waals surface area contributed by atoms with E-state index in [1.165, 1.54) is 5.39 Å².